The number of benzene rings is 2. The molecule has 2 N–H and O–H groups in total. The number of hydrogen-bond donors (Lipinski definition) is 2. The van der Waals surface area contributed by atoms with Gasteiger partial charge in [-0.1, -0.05) is 29.3 Å². The first kappa shape index (κ1) is 20.4. The van der Waals surface area contributed by atoms with Gasteiger partial charge in [0.05, 0.1) is 6.54 Å². The summed E-state index contributed by atoms with van der Waals surface area (Å²) in [5.41, 5.74) is 3.08. The first-order chi connectivity index (χ1) is 12.5. The maximum absolute atomic E-state index is 12.0. The minimum atomic E-state index is -0.0529. The van der Waals surface area contributed by atoms with Crippen LogP contribution in [0.2, 0.25) is 10.0 Å². The van der Waals surface area contributed by atoms with Crippen molar-refractivity contribution in [2.45, 2.75) is 20.3 Å². The van der Waals surface area contributed by atoms with Gasteiger partial charge in [-0.3, -0.25) is 4.79 Å². The topological polar surface area (TPSA) is 44.4 Å². The van der Waals surface area contributed by atoms with E-state index in [2.05, 4.69) is 41.5 Å². The number of hydrogen-bond acceptors (Lipinski definition) is 3. The zero-order valence-corrected chi connectivity index (χ0v) is 16.7. The molecule has 0 aliphatic carbocycles. The SMILES string of the molecule is CCN(CC)c1ccc(NCC(=O)NCCc2ccc(Cl)cc2Cl)cc1. The quantitative estimate of drug-likeness (QED) is 0.653. The van der Waals surface area contributed by atoms with Crippen LogP contribution < -0.4 is 15.5 Å². The molecule has 0 saturated heterocycles. The van der Waals surface area contributed by atoms with Crippen LogP contribution in [0.15, 0.2) is 42.5 Å². The Bertz CT molecular complexity index is 715. The number of carbonyl (C=O) groups excluding carboxylic acids is 1. The number of rotatable bonds is 9. The van der Waals surface area contributed by atoms with Crippen LogP contribution in [0.4, 0.5) is 11.4 Å². The molecule has 0 aromatic heterocycles. The van der Waals surface area contributed by atoms with E-state index < -0.39 is 0 Å². The molecule has 0 atom stereocenters. The second-order valence-corrected chi connectivity index (χ2v) is 6.75. The highest BCUT2D eigenvalue weighted by atomic mass is 35.5. The number of amides is 1. The van der Waals surface area contributed by atoms with Gasteiger partial charge >= 0.3 is 0 Å². The van der Waals surface area contributed by atoms with E-state index in [1.165, 1.54) is 5.69 Å². The predicted octanol–water partition coefficient (Wildman–Crippen LogP) is 4.61. The van der Waals surface area contributed by atoms with Gasteiger partial charge in [0.1, 0.15) is 0 Å². The van der Waals surface area contributed by atoms with Crippen LogP contribution in [0.1, 0.15) is 19.4 Å². The minimum Gasteiger partial charge on any atom is -0.376 e. The Morgan fingerprint density at radius 1 is 1.04 bits per heavy atom. The third-order valence-corrected chi connectivity index (χ3v) is 4.77. The molecule has 0 spiro atoms. The van der Waals surface area contributed by atoms with Crippen LogP contribution in [0.25, 0.3) is 0 Å². The van der Waals surface area contributed by atoms with Crippen LogP contribution in [-0.2, 0) is 11.2 Å². The Morgan fingerprint density at radius 2 is 1.73 bits per heavy atom. The van der Waals surface area contributed by atoms with E-state index in [-0.39, 0.29) is 12.5 Å². The van der Waals surface area contributed by atoms with E-state index in [9.17, 15) is 4.79 Å². The highest BCUT2D eigenvalue weighted by Crippen LogP contribution is 2.21. The molecule has 0 unspecified atom stereocenters. The van der Waals surface area contributed by atoms with Gasteiger partial charge in [-0.15, -0.1) is 0 Å². The highest BCUT2D eigenvalue weighted by molar-refractivity contribution is 6.35. The van der Waals surface area contributed by atoms with Gasteiger partial charge in [-0.25, -0.2) is 0 Å². The summed E-state index contributed by atoms with van der Waals surface area (Å²) in [5.74, 6) is -0.0529. The minimum absolute atomic E-state index is 0.0529. The number of nitrogens with one attached hydrogen (secondary N) is 2. The fraction of sp³-hybridized carbons (Fsp3) is 0.350. The van der Waals surface area contributed by atoms with E-state index in [0.29, 0.717) is 23.0 Å². The zero-order valence-electron chi connectivity index (χ0n) is 15.2. The lowest BCUT2D eigenvalue weighted by Gasteiger charge is -2.21. The molecule has 0 bridgehead atoms. The van der Waals surface area contributed by atoms with E-state index in [1.807, 2.05) is 18.2 Å². The van der Waals surface area contributed by atoms with E-state index >= 15 is 0 Å². The molecule has 0 aliphatic rings. The summed E-state index contributed by atoms with van der Waals surface area (Å²) in [6, 6.07) is 13.5. The Morgan fingerprint density at radius 3 is 2.35 bits per heavy atom. The van der Waals surface area contributed by atoms with Crippen molar-refractivity contribution in [3.8, 4) is 0 Å². The monoisotopic (exact) mass is 393 g/mol. The molecule has 140 valence electrons. The van der Waals surface area contributed by atoms with Crippen molar-refractivity contribution in [1.82, 2.24) is 5.32 Å². The molecule has 2 aromatic rings. The van der Waals surface area contributed by atoms with Crippen molar-refractivity contribution in [1.29, 1.82) is 0 Å². The third kappa shape index (κ3) is 6.11. The van der Waals surface area contributed by atoms with Gasteiger partial charge in [0.15, 0.2) is 0 Å². The number of halogens is 2. The molecule has 0 fully saturated rings. The Hall–Kier alpha value is -1.91. The third-order valence-electron chi connectivity index (χ3n) is 4.18. The smallest absolute Gasteiger partial charge is 0.239 e. The van der Waals surface area contributed by atoms with Crippen LogP contribution >= 0.6 is 23.2 Å². The molecule has 6 heteroatoms. The number of carbonyl (C=O) groups is 1. The Labute approximate surface area is 165 Å². The van der Waals surface area contributed by atoms with Gasteiger partial charge in [-0.05, 0) is 62.2 Å². The normalized spacial score (nSPS) is 10.5. The molecule has 2 rings (SSSR count). The lowest BCUT2D eigenvalue weighted by molar-refractivity contribution is -0.119. The fourth-order valence-corrected chi connectivity index (χ4v) is 3.19. The van der Waals surface area contributed by atoms with Crippen LogP contribution in [0.3, 0.4) is 0 Å². The lowest BCUT2D eigenvalue weighted by atomic mass is 10.1. The van der Waals surface area contributed by atoms with Crippen molar-refractivity contribution < 1.29 is 4.79 Å². The molecule has 4 nitrogen and oxygen atoms in total. The van der Waals surface area contributed by atoms with E-state index in [0.717, 1.165) is 24.3 Å². The molecular formula is C20H25Cl2N3O. The average Bonchev–Trinajstić information content (AvgIpc) is 2.64. The summed E-state index contributed by atoms with van der Waals surface area (Å²) < 4.78 is 0. The van der Waals surface area contributed by atoms with Crippen molar-refractivity contribution in [2.75, 3.05) is 36.4 Å². The summed E-state index contributed by atoms with van der Waals surface area (Å²) in [6.07, 6.45) is 0.667. The van der Waals surface area contributed by atoms with Crippen LogP contribution in [0.5, 0.6) is 0 Å². The number of anilines is 2. The molecule has 0 radical (unpaired) electrons. The van der Waals surface area contributed by atoms with Gasteiger partial charge in [0.25, 0.3) is 0 Å². The maximum atomic E-state index is 12.0. The van der Waals surface area contributed by atoms with Crippen molar-refractivity contribution in [3.05, 3.63) is 58.1 Å². The largest absolute Gasteiger partial charge is 0.376 e. The van der Waals surface area contributed by atoms with E-state index in [1.54, 1.807) is 12.1 Å². The molecule has 26 heavy (non-hydrogen) atoms. The van der Waals surface area contributed by atoms with Crippen molar-refractivity contribution in [3.63, 3.8) is 0 Å². The van der Waals surface area contributed by atoms with Crippen molar-refractivity contribution >= 4 is 40.5 Å². The van der Waals surface area contributed by atoms with E-state index in [4.69, 9.17) is 23.2 Å². The van der Waals surface area contributed by atoms with Gasteiger partial charge in [0.2, 0.25) is 5.91 Å². The highest BCUT2D eigenvalue weighted by Gasteiger charge is 2.05. The summed E-state index contributed by atoms with van der Waals surface area (Å²) in [7, 11) is 0. The average molecular weight is 394 g/mol. The summed E-state index contributed by atoms with van der Waals surface area (Å²) >= 11 is 12.0. The molecule has 2 aromatic carbocycles. The van der Waals surface area contributed by atoms with Gasteiger partial charge < -0.3 is 15.5 Å². The molecular weight excluding hydrogens is 369 g/mol. The summed E-state index contributed by atoms with van der Waals surface area (Å²) in [4.78, 5) is 14.3. The zero-order chi connectivity index (χ0) is 18.9. The first-order valence-corrected chi connectivity index (χ1v) is 9.58. The lowest BCUT2D eigenvalue weighted by Crippen LogP contribution is -2.31. The maximum Gasteiger partial charge on any atom is 0.239 e. The first-order valence-electron chi connectivity index (χ1n) is 8.83. The second-order valence-electron chi connectivity index (χ2n) is 5.91. The van der Waals surface area contributed by atoms with Crippen LogP contribution in [0, 0.1) is 0 Å². The molecule has 0 aliphatic heterocycles. The second kappa shape index (κ2) is 10.3. The van der Waals surface area contributed by atoms with Crippen molar-refractivity contribution in [2.24, 2.45) is 0 Å². The Balaban J connectivity index is 1.74. The fourth-order valence-electron chi connectivity index (χ4n) is 2.68. The van der Waals surface area contributed by atoms with Gasteiger partial charge in [0, 0.05) is 41.1 Å². The molecule has 0 saturated carbocycles. The molecule has 1 amide bonds. The number of nitrogens with zero attached hydrogens (tertiary/aromatic N) is 1. The standard InChI is InChI=1S/C20H25Cl2N3O/c1-3-25(4-2)18-9-7-17(8-10-18)24-14-20(26)23-12-11-15-5-6-16(21)13-19(15)22/h5-10,13,24H,3-4,11-12,14H2,1-2H3,(H,23,26). The van der Waals surface area contributed by atoms with Gasteiger partial charge in [-0.2, -0.15) is 0 Å². The Kier molecular flexibility index (Phi) is 8.07. The molecule has 0 heterocycles. The summed E-state index contributed by atoms with van der Waals surface area (Å²) in [6.45, 7) is 6.99. The van der Waals surface area contributed by atoms with Crippen LogP contribution in [-0.4, -0.2) is 32.1 Å². The summed E-state index contributed by atoms with van der Waals surface area (Å²) in [5, 5.41) is 7.26. The predicted molar refractivity (Wildman–Crippen MR) is 112 cm³/mol.